The molecule has 0 N–H and O–H groups in total. The van der Waals surface area contributed by atoms with Gasteiger partial charge in [0.25, 0.3) is 0 Å². The Morgan fingerprint density at radius 3 is 2.50 bits per heavy atom. The maximum absolute atomic E-state index is 13.7. The Hall–Kier alpha value is -0.770. The van der Waals surface area contributed by atoms with Gasteiger partial charge in [-0.15, -0.1) is 11.8 Å². The summed E-state index contributed by atoms with van der Waals surface area (Å²) in [6.07, 6.45) is 17.4. The fraction of sp³-hybridized carbons (Fsp3) is 0.857. The van der Waals surface area contributed by atoms with Gasteiger partial charge in [0.15, 0.2) is 5.78 Å². The summed E-state index contributed by atoms with van der Waals surface area (Å²) in [5, 5.41) is 4.47. The molecule has 0 radical (unpaired) electrons. The number of hydrogen-bond donors (Lipinski definition) is 0. The van der Waals surface area contributed by atoms with Crippen molar-refractivity contribution in [2.45, 2.75) is 90.5 Å². The topological polar surface area (TPSA) is 34.9 Å². The van der Waals surface area contributed by atoms with Crippen LogP contribution in [-0.2, 0) is 11.3 Å². The van der Waals surface area contributed by atoms with Gasteiger partial charge in [0.1, 0.15) is 0 Å². The van der Waals surface area contributed by atoms with Gasteiger partial charge in [-0.1, -0.05) is 40.5 Å². The average molecular weight is 457 g/mol. The monoisotopic (exact) mass is 456 g/mol. The van der Waals surface area contributed by atoms with Crippen LogP contribution in [-0.4, -0.2) is 21.8 Å². The number of aromatic nitrogens is 2. The quantitative estimate of drug-likeness (QED) is 0.459. The van der Waals surface area contributed by atoms with Gasteiger partial charge in [0.05, 0.1) is 12.7 Å². The van der Waals surface area contributed by atoms with E-state index in [9.17, 15) is 4.79 Å². The van der Waals surface area contributed by atoms with Crippen molar-refractivity contribution in [1.82, 2.24) is 9.78 Å². The highest BCUT2D eigenvalue weighted by Crippen LogP contribution is 2.67. The average Bonchev–Trinajstić information content (AvgIpc) is 3.23. The minimum atomic E-state index is 0.178. The minimum Gasteiger partial charge on any atom is -0.297 e. The molecule has 0 aliphatic heterocycles. The molecule has 0 bridgehead atoms. The van der Waals surface area contributed by atoms with Crippen molar-refractivity contribution in [3.05, 3.63) is 12.4 Å². The zero-order valence-electron chi connectivity index (χ0n) is 20.9. The lowest BCUT2D eigenvalue weighted by Gasteiger charge is -2.55. The molecule has 1 aromatic rings. The third kappa shape index (κ3) is 3.71. The van der Waals surface area contributed by atoms with Crippen LogP contribution in [0.3, 0.4) is 0 Å². The van der Waals surface area contributed by atoms with Crippen LogP contribution in [0.15, 0.2) is 17.3 Å². The Labute approximate surface area is 199 Å². The molecule has 3 nitrogen and oxygen atoms in total. The van der Waals surface area contributed by atoms with Crippen molar-refractivity contribution in [2.75, 3.05) is 6.26 Å². The normalized spacial score (nSPS) is 46.1. The van der Waals surface area contributed by atoms with Crippen LogP contribution in [0.4, 0.5) is 0 Å². The third-order valence-corrected chi connectivity index (χ3v) is 11.7. The molecule has 10 atom stereocenters. The number of ketones is 1. The van der Waals surface area contributed by atoms with E-state index in [1.165, 1.54) is 51.4 Å². The Bertz CT molecular complexity index is 835. The van der Waals surface area contributed by atoms with Gasteiger partial charge >= 0.3 is 0 Å². The molecular weight excluding hydrogens is 412 g/mol. The molecule has 4 heteroatoms. The van der Waals surface area contributed by atoms with E-state index in [2.05, 4.69) is 39.0 Å². The minimum absolute atomic E-state index is 0.178. The first-order valence-electron chi connectivity index (χ1n) is 13.4. The van der Waals surface area contributed by atoms with Crippen molar-refractivity contribution in [3.63, 3.8) is 0 Å². The highest BCUT2D eigenvalue weighted by Gasteiger charge is 2.62. The largest absolute Gasteiger partial charge is 0.297 e. The number of rotatable bonds is 4. The fourth-order valence-corrected chi connectivity index (χ4v) is 9.86. The summed E-state index contributed by atoms with van der Waals surface area (Å²) in [5.74, 6) is 7.15. The van der Waals surface area contributed by atoms with E-state index in [4.69, 9.17) is 0 Å². The van der Waals surface area contributed by atoms with E-state index < -0.39 is 0 Å². The summed E-state index contributed by atoms with van der Waals surface area (Å²) >= 11 is 1.70. The number of Topliss-reactive ketones (excluding diaryl/α,β-unsaturated/α-hetero) is 1. The van der Waals surface area contributed by atoms with Crippen LogP contribution < -0.4 is 0 Å². The van der Waals surface area contributed by atoms with E-state index in [0.29, 0.717) is 24.2 Å². The molecule has 0 amide bonds. The van der Waals surface area contributed by atoms with Crippen molar-refractivity contribution in [3.8, 4) is 0 Å². The molecule has 4 fully saturated rings. The van der Waals surface area contributed by atoms with Crippen molar-refractivity contribution in [2.24, 2.45) is 58.7 Å². The standard InChI is InChI=1S/C28H44N2OS/c1-17-6-8-20-9-11-24-23(22(20)10-7-17)12-13-28(4)26(24)18(2)19(3)27(28)25(31)16-30-15-21(32-5)14-29-30/h14-15,17-20,22-24,26-27H,6-13,16H2,1-5H3/t17?,18-,19?,20?,22?,23?,24?,26?,27?,28?/m1/s1. The van der Waals surface area contributed by atoms with Gasteiger partial charge in [-0.05, 0) is 97.5 Å². The molecule has 1 aromatic heterocycles. The van der Waals surface area contributed by atoms with Crippen LogP contribution >= 0.6 is 11.8 Å². The molecule has 178 valence electrons. The second-order valence-electron chi connectivity index (χ2n) is 12.4. The zero-order valence-corrected chi connectivity index (χ0v) is 21.7. The SMILES string of the molecule is CSc1cnn(CC(=O)C2C(C)[C@@H](C)C3C4CCC5CCC(C)CCC5C4CCC23C)c1. The first-order valence-corrected chi connectivity index (χ1v) is 14.6. The maximum Gasteiger partial charge on any atom is 0.158 e. The van der Waals surface area contributed by atoms with E-state index in [1.807, 2.05) is 17.1 Å². The van der Waals surface area contributed by atoms with E-state index >= 15 is 0 Å². The summed E-state index contributed by atoms with van der Waals surface area (Å²) < 4.78 is 1.88. The number of hydrogen-bond acceptors (Lipinski definition) is 3. The van der Waals surface area contributed by atoms with E-state index in [-0.39, 0.29) is 11.3 Å². The van der Waals surface area contributed by atoms with Crippen LogP contribution in [0, 0.1) is 58.7 Å². The molecule has 32 heavy (non-hydrogen) atoms. The van der Waals surface area contributed by atoms with Crippen LogP contribution in [0.2, 0.25) is 0 Å². The second kappa shape index (κ2) is 8.78. The van der Waals surface area contributed by atoms with Crippen LogP contribution in [0.5, 0.6) is 0 Å². The molecule has 4 saturated carbocycles. The van der Waals surface area contributed by atoms with Gasteiger partial charge < -0.3 is 0 Å². The number of fused-ring (bicyclic) bond motifs is 5. The van der Waals surface area contributed by atoms with Gasteiger partial charge in [-0.3, -0.25) is 9.48 Å². The third-order valence-electron chi connectivity index (χ3n) is 11.0. The molecular formula is C28H44N2OS. The summed E-state index contributed by atoms with van der Waals surface area (Å²) in [6, 6.07) is 0. The molecule has 0 saturated heterocycles. The van der Waals surface area contributed by atoms with Gasteiger partial charge in [0.2, 0.25) is 0 Å². The summed E-state index contributed by atoms with van der Waals surface area (Å²) in [5.41, 5.74) is 0.178. The Morgan fingerprint density at radius 2 is 1.75 bits per heavy atom. The highest BCUT2D eigenvalue weighted by atomic mass is 32.2. The van der Waals surface area contributed by atoms with Crippen molar-refractivity contribution in [1.29, 1.82) is 0 Å². The van der Waals surface area contributed by atoms with Crippen molar-refractivity contribution < 1.29 is 4.79 Å². The van der Waals surface area contributed by atoms with Gasteiger partial charge in [0, 0.05) is 17.0 Å². The van der Waals surface area contributed by atoms with Crippen LogP contribution in [0.25, 0.3) is 0 Å². The number of nitrogens with zero attached hydrogens (tertiary/aromatic N) is 2. The van der Waals surface area contributed by atoms with E-state index in [0.717, 1.165) is 40.4 Å². The smallest absolute Gasteiger partial charge is 0.158 e. The lowest BCUT2D eigenvalue weighted by atomic mass is 9.49. The summed E-state index contributed by atoms with van der Waals surface area (Å²) in [7, 11) is 0. The lowest BCUT2D eigenvalue weighted by molar-refractivity contribution is -0.132. The molecule has 4 aliphatic carbocycles. The van der Waals surface area contributed by atoms with E-state index in [1.54, 1.807) is 11.8 Å². The molecule has 1 heterocycles. The molecule has 0 spiro atoms. The van der Waals surface area contributed by atoms with Gasteiger partial charge in [-0.2, -0.15) is 5.10 Å². The Kier molecular flexibility index (Phi) is 6.31. The predicted octanol–water partition coefficient (Wildman–Crippen LogP) is 6.96. The number of carbonyl (C=O) groups excluding carboxylic acids is 1. The predicted molar refractivity (Wildman–Crippen MR) is 132 cm³/mol. The Balaban J connectivity index is 1.38. The number of carbonyl (C=O) groups is 1. The molecule has 0 aromatic carbocycles. The van der Waals surface area contributed by atoms with Crippen molar-refractivity contribution >= 4 is 17.5 Å². The fourth-order valence-electron chi connectivity index (χ4n) is 9.48. The molecule has 5 rings (SSSR count). The second-order valence-corrected chi connectivity index (χ2v) is 13.3. The Morgan fingerprint density at radius 1 is 1.03 bits per heavy atom. The maximum atomic E-state index is 13.7. The molecule has 4 aliphatic rings. The highest BCUT2D eigenvalue weighted by molar-refractivity contribution is 7.98. The van der Waals surface area contributed by atoms with Crippen LogP contribution in [0.1, 0.15) is 79.1 Å². The first-order chi connectivity index (χ1) is 15.3. The summed E-state index contributed by atoms with van der Waals surface area (Å²) in [4.78, 5) is 14.9. The summed E-state index contributed by atoms with van der Waals surface area (Å²) in [6.45, 7) is 10.3. The zero-order chi connectivity index (χ0) is 22.6. The number of thioether (sulfide) groups is 1. The molecule has 9 unspecified atom stereocenters. The first kappa shape index (κ1) is 23.0. The van der Waals surface area contributed by atoms with Gasteiger partial charge in [-0.25, -0.2) is 0 Å². The lowest BCUT2D eigenvalue weighted by Crippen LogP contribution is -2.49.